The van der Waals surface area contributed by atoms with Crippen LogP contribution in [0.1, 0.15) is 24.8 Å². The first-order valence-corrected chi connectivity index (χ1v) is 12.5. The van der Waals surface area contributed by atoms with Crippen LogP contribution in [0.15, 0.2) is 77.9 Å². The molecule has 2 aromatic carbocycles. The molecule has 5 heterocycles. The van der Waals surface area contributed by atoms with E-state index in [1.807, 2.05) is 12.3 Å². The van der Waals surface area contributed by atoms with Crippen LogP contribution in [0.2, 0.25) is 0 Å². The van der Waals surface area contributed by atoms with Crippen LogP contribution in [0.3, 0.4) is 0 Å². The fourth-order valence-electron chi connectivity index (χ4n) is 5.27. The second kappa shape index (κ2) is 8.77. The Morgan fingerprint density at radius 1 is 0.889 bits per heavy atom. The summed E-state index contributed by atoms with van der Waals surface area (Å²) in [6, 6.07) is 17.3. The van der Waals surface area contributed by atoms with Gasteiger partial charge in [0.2, 0.25) is 0 Å². The zero-order chi connectivity index (χ0) is 23.9. The van der Waals surface area contributed by atoms with E-state index in [0.29, 0.717) is 5.82 Å². The summed E-state index contributed by atoms with van der Waals surface area (Å²) in [7, 11) is 0. The number of aromatic nitrogens is 5. The Morgan fingerprint density at radius 3 is 2.69 bits per heavy atom. The van der Waals surface area contributed by atoms with Gasteiger partial charge in [0.05, 0.1) is 29.8 Å². The number of H-pyrrole nitrogens is 2. The molecule has 0 saturated carbocycles. The maximum absolute atomic E-state index is 5.27. The minimum atomic E-state index is 0.713. The van der Waals surface area contributed by atoms with Crippen molar-refractivity contribution in [2.45, 2.75) is 25.8 Å². The molecule has 4 aromatic heterocycles. The van der Waals surface area contributed by atoms with Crippen molar-refractivity contribution in [2.24, 2.45) is 0 Å². The lowest BCUT2D eigenvalue weighted by Crippen LogP contribution is -2.29. The molecule has 36 heavy (non-hydrogen) atoms. The van der Waals surface area contributed by atoms with Gasteiger partial charge in [-0.3, -0.25) is 15.0 Å². The average Bonchev–Trinajstić information content (AvgIpc) is 3.68. The number of pyridine rings is 1. The SMILES string of the molecule is c1cc(CN2CCCCC2)cc(-c2ccc3[nH]nc(-c4nc5c(-c6ccoc6)cncc5[nH]4)c3c2)c1. The second-order valence-corrected chi connectivity index (χ2v) is 9.55. The quantitative estimate of drug-likeness (QED) is 0.301. The smallest absolute Gasteiger partial charge is 0.159 e. The fraction of sp³-hybridized carbons (Fsp3) is 0.207. The zero-order valence-electron chi connectivity index (χ0n) is 19.9. The van der Waals surface area contributed by atoms with Gasteiger partial charge in [0, 0.05) is 29.3 Å². The van der Waals surface area contributed by atoms with Crippen LogP contribution in [0.4, 0.5) is 0 Å². The molecule has 0 atom stereocenters. The first-order valence-electron chi connectivity index (χ1n) is 12.5. The van der Waals surface area contributed by atoms with Crippen LogP contribution < -0.4 is 0 Å². The van der Waals surface area contributed by atoms with Gasteiger partial charge >= 0.3 is 0 Å². The molecule has 1 aliphatic heterocycles. The molecule has 1 fully saturated rings. The lowest BCUT2D eigenvalue weighted by Gasteiger charge is -2.26. The summed E-state index contributed by atoms with van der Waals surface area (Å²) in [5.41, 5.74) is 9.10. The molecular formula is C29H26N6O. The van der Waals surface area contributed by atoms with E-state index in [-0.39, 0.29) is 0 Å². The number of hydrogen-bond acceptors (Lipinski definition) is 5. The van der Waals surface area contributed by atoms with E-state index in [4.69, 9.17) is 9.40 Å². The van der Waals surface area contributed by atoms with E-state index in [1.54, 1.807) is 18.7 Å². The molecule has 6 aromatic rings. The van der Waals surface area contributed by atoms with Crippen molar-refractivity contribution in [2.75, 3.05) is 13.1 Å². The van der Waals surface area contributed by atoms with Crippen molar-refractivity contribution >= 4 is 21.9 Å². The molecule has 0 spiro atoms. The molecule has 1 saturated heterocycles. The summed E-state index contributed by atoms with van der Waals surface area (Å²) in [4.78, 5) is 15.3. The average molecular weight is 475 g/mol. The third-order valence-corrected chi connectivity index (χ3v) is 7.13. The standard InChI is InChI=1S/C29H26N6O/c1-2-10-35(11-3-1)17-19-5-4-6-20(13-19)21-7-8-25-23(14-21)28(34-33-25)29-31-26-16-30-15-24(27(26)32-29)22-9-12-36-18-22/h4-9,12-16,18H,1-3,10-11,17H2,(H,31,32)(H,33,34). The lowest BCUT2D eigenvalue weighted by molar-refractivity contribution is 0.221. The number of rotatable bonds is 5. The predicted molar refractivity (Wildman–Crippen MR) is 141 cm³/mol. The Labute approximate surface area is 208 Å². The summed E-state index contributed by atoms with van der Waals surface area (Å²) in [6.07, 6.45) is 10.9. The van der Waals surface area contributed by atoms with Crippen LogP contribution in [-0.4, -0.2) is 43.1 Å². The van der Waals surface area contributed by atoms with Crippen LogP contribution in [0, 0.1) is 0 Å². The zero-order valence-corrected chi connectivity index (χ0v) is 19.9. The van der Waals surface area contributed by atoms with Gasteiger partial charge in [-0.2, -0.15) is 5.10 Å². The Bertz CT molecular complexity index is 1660. The molecule has 7 heteroatoms. The first kappa shape index (κ1) is 21.1. The highest BCUT2D eigenvalue weighted by Crippen LogP contribution is 2.33. The highest BCUT2D eigenvalue weighted by atomic mass is 16.3. The largest absolute Gasteiger partial charge is 0.472 e. The van der Waals surface area contributed by atoms with E-state index in [1.165, 1.54) is 49.0 Å². The number of nitrogens with zero attached hydrogens (tertiary/aromatic N) is 4. The molecule has 0 radical (unpaired) electrons. The Hall–Kier alpha value is -4.23. The van der Waals surface area contributed by atoms with E-state index < -0.39 is 0 Å². The van der Waals surface area contributed by atoms with Crippen LogP contribution >= 0.6 is 0 Å². The highest BCUT2D eigenvalue weighted by molar-refractivity contribution is 5.97. The Balaban J connectivity index is 1.26. The van der Waals surface area contributed by atoms with Gasteiger partial charge in [-0.05, 0) is 66.9 Å². The molecule has 7 nitrogen and oxygen atoms in total. The summed E-state index contributed by atoms with van der Waals surface area (Å²) in [6.45, 7) is 3.41. The highest BCUT2D eigenvalue weighted by Gasteiger charge is 2.17. The molecule has 0 aliphatic carbocycles. The normalized spacial score (nSPS) is 14.7. The minimum absolute atomic E-state index is 0.713. The summed E-state index contributed by atoms with van der Waals surface area (Å²) in [5, 5.41) is 8.82. The summed E-state index contributed by atoms with van der Waals surface area (Å²) in [5.74, 6) is 0.713. The molecular weight excluding hydrogens is 448 g/mol. The van der Waals surface area contributed by atoms with Crippen LogP contribution in [0.5, 0.6) is 0 Å². The number of furan rings is 1. The molecule has 2 N–H and O–H groups in total. The van der Waals surface area contributed by atoms with Crippen molar-refractivity contribution in [3.05, 3.63) is 79.0 Å². The first-order chi connectivity index (χ1) is 17.8. The molecule has 1 aliphatic rings. The Morgan fingerprint density at radius 2 is 1.81 bits per heavy atom. The monoisotopic (exact) mass is 474 g/mol. The topological polar surface area (TPSA) is 86.6 Å². The minimum Gasteiger partial charge on any atom is -0.472 e. The number of hydrogen-bond donors (Lipinski definition) is 2. The summed E-state index contributed by atoms with van der Waals surface area (Å²) < 4.78 is 5.27. The number of benzene rings is 2. The van der Waals surface area contributed by atoms with Gasteiger partial charge in [0.15, 0.2) is 5.82 Å². The second-order valence-electron chi connectivity index (χ2n) is 9.55. The number of fused-ring (bicyclic) bond motifs is 2. The van der Waals surface area contributed by atoms with Gasteiger partial charge in [0.1, 0.15) is 11.2 Å². The fourth-order valence-corrected chi connectivity index (χ4v) is 5.27. The molecule has 7 rings (SSSR count). The molecule has 0 bridgehead atoms. The van der Waals surface area contributed by atoms with E-state index in [0.717, 1.165) is 45.3 Å². The van der Waals surface area contributed by atoms with Crippen molar-refractivity contribution in [1.82, 2.24) is 30.0 Å². The van der Waals surface area contributed by atoms with Crippen molar-refractivity contribution in [3.8, 4) is 33.8 Å². The van der Waals surface area contributed by atoms with Crippen molar-refractivity contribution in [3.63, 3.8) is 0 Å². The van der Waals surface area contributed by atoms with E-state index >= 15 is 0 Å². The number of piperidine rings is 1. The Kier molecular flexibility index (Phi) is 5.14. The lowest BCUT2D eigenvalue weighted by atomic mass is 10.0. The third-order valence-electron chi connectivity index (χ3n) is 7.13. The van der Waals surface area contributed by atoms with E-state index in [9.17, 15) is 0 Å². The molecule has 0 unspecified atom stereocenters. The van der Waals surface area contributed by atoms with Crippen molar-refractivity contribution < 1.29 is 4.42 Å². The molecule has 0 amide bonds. The van der Waals surface area contributed by atoms with Crippen molar-refractivity contribution in [1.29, 1.82) is 0 Å². The van der Waals surface area contributed by atoms with Gasteiger partial charge in [-0.15, -0.1) is 0 Å². The predicted octanol–water partition coefficient (Wildman–Crippen LogP) is 6.41. The maximum atomic E-state index is 5.27. The number of likely N-dealkylation sites (tertiary alicyclic amines) is 1. The maximum Gasteiger partial charge on any atom is 0.159 e. The van der Waals surface area contributed by atoms with Gasteiger partial charge < -0.3 is 9.40 Å². The van der Waals surface area contributed by atoms with Crippen LogP contribution in [0.25, 0.3) is 55.7 Å². The summed E-state index contributed by atoms with van der Waals surface area (Å²) >= 11 is 0. The van der Waals surface area contributed by atoms with E-state index in [2.05, 4.69) is 67.5 Å². The van der Waals surface area contributed by atoms with Gasteiger partial charge in [-0.25, -0.2) is 4.98 Å². The van der Waals surface area contributed by atoms with Gasteiger partial charge in [-0.1, -0.05) is 30.7 Å². The number of imidazole rings is 1. The van der Waals surface area contributed by atoms with Crippen LogP contribution in [-0.2, 0) is 6.54 Å². The molecule has 178 valence electrons. The number of aromatic amines is 2. The third kappa shape index (κ3) is 3.78. The van der Waals surface area contributed by atoms with Gasteiger partial charge in [0.25, 0.3) is 0 Å². The number of nitrogens with one attached hydrogen (secondary N) is 2.